The van der Waals surface area contributed by atoms with E-state index in [0.717, 1.165) is 5.39 Å². The largest absolute Gasteiger partial charge is 0.390 e. The molecule has 0 aliphatic rings. The van der Waals surface area contributed by atoms with E-state index in [9.17, 15) is 10.2 Å². The molecule has 0 amide bonds. The van der Waals surface area contributed by atoms with Gasteiger partial charge >= 0.3 is 0 Å². The van der Waals surface area contributed by atoms with Gasteiger partial charge in [-0.1, -0.05) is 23.7 Å². The van der Waals surface area contributed by atoms with Crippen molar-refractivity contribution < 1.29 is 10.2 Å². The highest BCUT2D eigenvalue weighted by molar-refractivity contribution is 7.07. The van der Waals surface area contributed by atoms with Gasteiger partial charge in [0.1, 0.15) is 5.65 Å². The number of fused-ring (bicyclic) bond motifs is 1. The fourth-order valence-electron chi connectivity index (χ4n) is 2.82. The molecular formula is C18H15ClN4O2S. The van der Waals surface area contributed by atoms with Gasteiger partial charge in [-0.3, -0.25) is 4.57 Å². The summed E-state index contributed by atoms with van der Waals surface area (Å²) in [5.41, 5.74) is 2.70. The van der Waals surface area contributed by atoms with Crippen LogP contribution < -0.4 is 4.80 Å². The first-order valence-electron chi connectivity index (χ1n) is 7.88. The molecule has 3 N–H and O–H groups in total. The van der Waals surface area contributed by atoms with Gasteiger partial charge < -0.3 is 15.2 Å². The lowest BCUT2D eigenvalue weighted by Crippen LogP contribution is -2.17. The second kappa shape index (κ2) is 7.05. The molecule has 1 atom stereocenters. The maximum Gasteiger partial charge on any atom is 0.192 e. The van der Waals surface area contributed by atoms with Gasteiger partial charge in [-0.25, -0.2) is 9.98 Å². The normalized spacial score (nSPS) is 13.4. The summed E-state index contributed by atoms with van der Waals surface area (Å²) in [5.74, 6) is 0. The fraction of sp³-hybridized carbons (Fsp3) is 0.111. The molecule has 0 aliphatic heterocycles. The maximum absolute atomic E-state index is 10.7. The summed E-state index contributed by atoms with van der Waals surface area (Å²) >= 11 is 7.65. The summed E-state index contributed by atoms with van der Waals surface area (Å²) in [6.45, 7) is -0.162. The van der Waals surface area contributed by atoms with Crippen molar-refractivity contribution in [1.29, 1.82) is 0 Å². The van der Waals surface area contributed by atoms with Crippen molar-refractivity contribution in [1.82, 2.24) is 14.5 Å². The highest BCUT2D eigenvalue weighted by atomic mass is 35.5. The summed E-state index contributed by atoms with van der Waals surface area (Å²) < 4.78 is 1.76. The molecule has 6 nitrogen and oxygen atoms in total. The summed E-state index contributed by atoms with van der Waals surface area (Å²) in [6.07, 6.45) is 2.32. The number of pyridine rings is 1. The van der Waals surface area contributed by atoms with Crippen LogP contribution in [0.2, 0.25) is 5.02 Å². The Morgan fingerprint density at radius 2 is 2.12 bits per heavy atom. The molecule has 0 radical (unpaired) electrons. The third-order valence-corrected chi connectivity index (χ3v) is 5.25. The molecule has 0 aliphatic carbocycles. The number of halogens is 1. The molecule has 3 aromatic heterocycles. The lowest BCUT2D eigenvalue weighted by molar-refractivity contribution is 0.185. The first kappa shape index (κ1) is 17.0. The number of hydrogen-bond donors (Lipinski definition) is 3. The van der Waals surface area contributed by atoms with E-state index in [0.29, 0.717) is 32.4 Å². The molecule has 0 spiro atoms. The highest BCUT2D eigenvalue weighted by Gasteiger charge is 2.14. The van der Waals surface area contributed by atoms with E-state index in [2.05, 4.69) is 15.0 Å². The van der Waals surface area contributed by atoms with E-state index < -0.39 is 6.23 Å². The number of aliphatic hydroxyl groups is 2. The smallest absolute Gasteiger partial charge is 0.192 e. The summed E-state index contributed by atoms with van der Waals surface area (Å²) in [5, 5.41) is 23.5. The Kier molecular flexibility index (Phi) is 4.60. The predicted molar refractivity (Wildman–Crippen MR) is 101 cm³/mol. The van der Waals surface area contributed by atoms with Crippen molar-refractivity contribution in [3.05, 3.63) is 75.3 Å². The third-order valence-electron chi connectivity index (χ3n) is 4.04. The summed E-state index contributed by atoms with van der Waals surface area (Å²) in [6, 6.07) is 10.9. The molecule has 132 valence electrons. The highest BCUT2D eigenvalue weighted by Crippen LogP contribution is 2.24. The number of para-hydroxylation sites is 1. The minimum Gasteiger partial charge on any atom is -0.390 e. The average molecular weight is 387 g/mol. The number of hydrogen-bond acceptors (Lipinski definition) is 5. The number of aliphatic hydroxyl groups excluding tert-OH is 2. The number of aromatic amines is 1. The number of benzene rings is 1. The average Bonchev–Trinajstić information content (AvgIpc) is 3.28. The van der Waals surface area contributed by atoms with E-state index >= 15 is 0 Å². The molecule has 1 aromatic carbocycles. The van der Waals surface area contributed by atoms with Gasteiger partial charge in [0.15, 0.2) is 11.0 Å². The van der Waals surface area contributed by atoms with Gasteiger partial charge in [0.2, 0.25) is 0 Å². The molecule has 4 rings (SSSR count). The van der Waals surface area contributed by atoms with Crippen LogP contribution >= 0.6 is 22.9 Å². The van der Waals surface area contributed by atoms with Crippen LogP contribution in [0, 0.1) is 0 Å². The number of thiazole rings is 1. The van der Waals surface area contributed by atoms with Gasteiger partial charge in [-0.15, -0.1) is 11.3 Å². The summed E-state index contributed by atoms with van der Waals surface area (Å²) in [4.78, 5) is 12.3. The number of rotatable bonds is 4. The standard InChI is InChI=1S/C18H15ClN4O2S/c19-14-3-1-2-4-15(14)23-11(9-24)10-26-18(23)22-17(25)13-6-8-21-16-12(13)5-7-20-16/h1-8,10,17,24-25H,9H2,(H,20,21). The van der Waals surface area contributed by atoms with Crippen molar-refractivity contribution in [2.75, 3.05) is 0 Å². The molecule has 26 heavy (non-hydrogen) atoms. The van der Waals surface area contributed by atoms with Gasteiger partial charge in [-0.05, 0) is 24.3 Å². The first-order chi connectivity index (χ1) is 12.7. The predicted octanol–water partition coefficient (Wildman–Crippen LogP) is 3.15. The molecule has 0 fully saturated rings. The minimum atomic E-state index is -1.07. The van der Waals surface area contributed by atoms with E-state index in [1.807, 2.05) is 24.3 Å². The summed E-state index contributed by atoms with van der Waals surface area (Å²) in [7, 11) is 0. The molecule has 4 aromatic rings. The maximum atomic E-state index is 10.7. The van der Waals surface area contributed by atoms with Crippen LogP contribution in [0.5, 0.6) is 0 Å². The van der Waals surface area contributed by atoms with Crippen molar-refractivity contribution >= 4 is 34.0 Å². The first-order valence-corrected chi connectivity index (χ1v) is 9.14. The van der Waals surface area contributed by atoms with Crippen molar-refractivity contribution in [3.63, 3.8) is 0 Å². The molecule has 3 heterocycles. The van der Waals surface area contributed by atoms with E-state index in [1.165, 1.54) is 11.3 Å². The number of nitrogens with one attached hydrogen (secondary N) is 1. The van der Waals surface area contributed by atoms with E-state index in [1.54, 1.807) is 34.5 Å². The van der Waals surface area contributed by atoms with Crippen LogP contribution in [0.4, 0.5) is 0 Å². The van der Waals surface area contributed by atoms with E-state index in [-0.39, 0.29) is 6.61 Å². The van der Waals surface area contributed by atoms with Crippen LogP contribution in [0.3, 0.4) is 0 Å². The zero-order valence-corrected chi connectivity index (χ0v) is 15.1. The topological polar surface area (TPSA) is 86.4 Å². The Morgan fingerprint density at radius 3 is 2.92 bits per heavy atom. The van der Waals surface area contributed by atoms with Crippen molar-refractivity contribution in [3.8, 4) is 5.69 Å². The molecular weight excluding hydrogens is 372 g/mol. The third kappa shape index (κ3) is 2.95. The van der Waals surface area contributed by atoms with Crippen LogP contribution in [0.15, 0.2) is 59.2 Å². The van der Waals surface area contributed by atoms with Gasteiger partial charge in [0.25, 0.3) is 0 Å². The Balaban J connectivity index is 1.87. The molecule has 8 heteroatoms. The van der Waals surface area contributed by atoms with Crippen LogP contribution in [-0.4, -0.2) is 24.7 Å². The van der Waals surface area contributed by atoms with Gasteiger partial charge in [-0.2, -0.15) is 0 Å². The molecule has 0 saturated heterocycles. The van der Waals surface area contributed by atoms with Gasteiger partial charge in [0, 0.05) is 28.7 Å². The van der Waals surface area contributed by atoms with Gasteiger partial charge in [0.05, 0.1) is 23.0 Å². The number of aromatic nitrogens is 3. The Hall–Kier alpha value is -2.45. The second-order valence-electron chi connectivity index (χ2n) is 5.60. The van der Waals surface area contributed by atoms with Crippen molar-refractivity contribution in [2.45, 2.75) is 12.8 Å². The van der Waals surface area contributed by atoms with Crippen LogP contribution in [-0.2, 0) is 6.61 Å². The van der Waals surface area contributed by atoms with E-state index in [4.69, 9.17) is 11.6 Å². The lowest BCUT2D eigenvalue weighted by atomic mass is 10.1. The monoisotopic (exact) mass is 386 g/mol. The molecule has 1 unspecified atom stereocenters. The zero-order valence-electron chi connectivity index (χ0n) is 13.5. The SMILES string of the molecule is OCc1csc(=NC(O)c2ccnc3[nH]ccc23)n1-c1ccccc1Cl. The molecule has 0 saturated carbocycles. The Bertz CT molecular complexity index is 1130. The van der Waals surface area contributed by atoms with Crippen LogP contribution in [0.1, 0.15) is 17.5 Å². The Morgan fingerprint density at radius 1 is 1.27 bits per heavy atom. The fourth-order valence-corrected chi connectivity index (χ4v) is 3.94. The zero-order chi connectivity index (χ0) is 18.1. The molecule has 0 bridgehead atoms. The lowest BCUT2D eigenvalue weighted by Gasteiger charge is -2.11. The number of nitrogens with zero attached hydrogens (tertiary/aromatic N) is 3. The Labute approximate surface area is 157 Å². The quantitative estimate of drug-likeness (QED) is 0.503. The minimum absolute atomic E-state index is 0.162. The number of H-pyrrole nitrogens is 1. The van der Waals surface area contributed by atoms with Crippen molar-refractivity contribution in [2.24, 2.45) is 4.99 Å². The van der Waals surface area contributed by atoms with Crippen LogP contribution in [0.25, 0.3) is 16.7 Å². The second-order valence-corrected chi connectivity index (χ2v) is 6.84.